The fourth-order valence-corrected chi connectivity index (χ4v) is 5.27. The summed E-state index contributed by atoms with van der Waals surface area (Å²) in [4.78, 5) is 3.25. The summed E-state index contributed by atoms with van der Waals surface area (Å²) >= 11 is 7.15. The van der Waals surface area contributed by atoms with Crippen LogP contribution in [0.5, 0.6) is 0 Å². The number of fused-ring (bicyclic) bond motifs is 1. The van der Waals surface area contributed by atoms with Crippen LogP contribution in [0.2, 0.25) is 0 Å². The minimum atomic E-state index is -3.53. The summed E-state index contributed by atoms with van der Waals surface area (Å²) in [5.74, 6) is 0.333. The predicted molar refractivity (Wildman–Crippen MR) is 88.1 cm³/mol. The summed E-state index contributed by atoms with van der Waals surface area (Å²) in [5.41, 5.74) is 1.66. The highest BCUT2D eigenvalue weighted by Gasteiger charge is 2.31. The molecule has 112 valence electrons. The van der Waals surface area contributed by atoms with E-state index in [1.807, 2.05) is 31.3 Å². The van der Waals surface area contributed by atoms with Gasteiger partial charge in [0.15, 0.2) is 0 Å². The van der Waals surface area contributed by atoms with Crippen molar-refractivity contribution in [2.45, 2.75) is 10.8 Å². The van der Waals surface area contributed by atoms with Crippen LogP contribution >= 0.6 is 22.9 Å². The summed E-state index contributed by atoms with van der Waals surface area (Å²) in [7, 11) is -1.56. The molecule has 4 nitrogen and oxygen atoms in total. The van der Waals surface area contributed by atoms with Crippen molar-refractivity contribution in [2.24, 2.45) is 0 Å². The molecule has 0 saturated heterocycles. The van der Waals surface area contributed by atoms with Gasteiger partial charge in [0.25, 0.3) is 10.0 Å². The van der Waals surface area contributed by atoms with Gasteiger partial charge >= 0.3 is 0 Å². The molecule has 0 N–H and O–H groups in total. The fraction of sp³-hybridized carbons (Fsp3) is 0.286. The molecule has 0 radical (unpaired) electrons. The summed E-state index contributed by atoms with van der Waals surface area (Å²) in [6.07, 6.45) is 0. The molecule has 0 aliphatic carbocycles. The Labute approximate surface area is 133 Å². The molecule has 0 atom stereocenters. The van der Waals surface area contributed by atoms with Gasteiger partial charge in [-0.25, -0.2) is 8.42 Å². The number of likely N-dealkylation sites (N-methyl/N-ethyl adjacent to an activating group) is 1. The number of halogens is 1. The molecule has 0 saturated carbocycles. The van der Waals surface area contributed by atoms with Crippen LogP contribution in [0, 0.1) is 0 Å². The molecule has 2 heterocycles. The number of hydrogen-bond acceptors (Lipinski definition) is 4. The third kappa shape index (κ3) is 2.52. The van der Waals surface area contributed by atoms with Gasteiger partial charge in [-0.2, -0.15) is 0 Å². The molecule has 1 aromatic heterocycles. The van der Waals surface area contributed by atoms with E-state index in [4.69, 9.17) is 11.6 Å². The SMILES string of the molecule is CN1CCN(S(=O)(=O)c2csc(CCl)c2)c2ccccc21. The molecule has 0 bridgehead atoms. The van der Waals surface area contributed by atoms with Gasteiger partial charge in [-0.1, -0.05) is 12.1 Å². The molecular weight excluding hydrogens is 328 g/mol. The first-order chi connectivity index (χ1) is 10.0. The predicted octanol–water partition coefficient (Wildman–Crippen LogP) is 3.13. The maximum atomic E-state index is 12.9. The second-order valence-corrected chi connectivity index (χ2v) is 8.00. The molecule has 0 amide bonds. The van der Waals surface area contributed by atoms with Crippen molar-refractivity contribution in [1.29, 1.82) is 0 Å². The van der Waals surface area contributed by atoms with E-state index in [0.29, 0.717) is 23.9 Å². The molecule has 21 heavy (non-hydrogen) atoms. The van der Waals surface area contributed by atoms with Crippen molar-refractivity contribution in [3.63, 3.8) is 0 Å². The largest absolute Gasteiger partial charge is 0.371 e. The third-order valence-corrected chi connectivity index (χ3v) is 6.87. The molecule has 0 fully saturated rings. The molecule has 2 aromatic rings. The standard InChI is InChI=1S/C14H15ClN2O2S2/c1-16-6-7-17(14-5-3-2-4-13(14)16)21(18,19)12-8-11(9-15)20-10-12/h2-5,8,10H,6-7,9H2,1H3. The van der Waals surface area contributed by atoms with Crippen LogP contribution in [-0.2, 0) is 15.9 Å². The van der Waals surface area contributed by atoms with Gasteiger partial charge in [0.1, 0.15) is 0 Å². The first kappa shape index (κ1) is 14.7. The number of para-hydroxylation sites is 2. The quantitative estimate of drug-likeness (QED) is 0.805. The van der Waals surface area contributed by atoms with Crippen LogP contribution in [0.25, 0.3) is 0 Å². The Balaban J connectivity index is 2.06. The average molecular weight is 343 g/mol. The lowest BCUT2D eigenvalue weighted by Crippen LogP contribution is -2.42. The van der Waals surface area contributed by atoms with Crippen LogP contribution in [-0.4, -0.2) is 28.6 Å². The molecule has 1 aliphatic heterocycles. The van der Waals surface area contributed by atoms with Crippen molar-refractivity contribution in [2.75, 3.05) is 29.3 Å². The molecule has 7 heteroatoms. The monoisotopic (exact) mass is 342 g/mol. The van der Waals surface area contributed by atoms with Gasteiger partial charge in [0, 0.05) is 23.8 Å². The van der Waals surface area contributed by atoms with E-state index in [1.54, 1.807) is 11.4 Å². The Bertz CT molecular complexity index is 758. The Morgan fingerprint density at radius 2 is 1.95 bits per heavy atom. The molecular formula is C14H15ClN2O2S2. The van der Waals surface area contributed by atoms with Crippen LogP contribution in [0.4, 0.5) is 11.4 Å². The van der Waals surface area contributed by atoms with E-state index in [0.717, 1.165) is 16.3 Å². The Morgan fingerprint density at radius 3 is 2.62 bits per heavy atom. The smallest absolute Gasteiger partial charge is 0.265 e. The zero-order valence-electron chi connectivity index (χ0n) is 11.5. The van der Waals surface area contributed by atoms with E-state index in [1.165, 1.54) is 15.6 Å². The summed E-state index contributed by atoms with van der Waals surface area (Å²) in [6.45, 7) is 1.12. The first-order valence-corrected chi connectivity index (χ1v) is 9.36. The van der Waals surface area contributed by atoms with E-state index in [-0.39, 0.29) is 0 Å². The zero-order chi connectivity index (χ0) is 15.0. The number of hydrogen-bond donors (Lipinski definition) is 0. The van der Waals surface area contributed by atoms with Gasteiger partial charge in [-0.05, 0) is 18.2 Å². The van der Waals surface area contributed by atoms with Crippen molar-refractivity contribution >= 4 is 44.3 Å². The summed E-state index contributed by atoms with van der Waals surface area (Å²) in [5, 5.41) is 1.66. The average Bonchev–Trinajstić information content (AvgIpc) is 2.97. The van der Waals surface area contributed by atoms with E-state index in [9.17, 15) is 8.42 Å². The molecule has 1 aromatic carbocycles. The van der Waals surface area contributed by atoms with Crippen molar-refractivity contribution < 1.29 is 8.42 Å². The summed E-state index contributed by atoms with van der Waals surface area (Å²) < 4.78 is 27.2. The highest BCUT2D eigenvalue weighted by Crippen LogP contribution is 2.36. The first-order valence-electron chi connectivity index (χ1n) is 6.50. The van der Waals surface area contributed by atoms with Crippen molar-refractivity contribution in [3.05, 3.63) is 40.6 Å². The maximum absolute atomic E-state index is 12.9. The fourth-order valence-electron chi connectivity index (χ4n) is 2.42. The van der Waals surface area contributed by atoms with E-state index in [2.05, 4.69) is 4.90 Å². The van der Waals surface area contributed by atoms with Gasteiger partial charge < -0.3 is 4.90 Å². The number of alkyl halides is 1. The number of sulfonamides is 1. The Morgan fingerprint density at radius 1 is 1.24 bits per heavy atom. The van der Waals surface area contributed by atoms with Crippen molar-refractivity contribution in [3.8, 4) is 0 Å². The maximum Gasteiger partial charge on any atom is 0.265 e. The lowest BCUT2D eigenvalue weighted by Gasteiger charge is -2.35. The Hall–Kier alpha value is -1.24. The molecule has 3 rings (SSSR count). The zero-order valence-corrected chi connectivity index (χ0v) is 13.9. The van der Waals surface area contributed by atoms with Gasteiger partial charge in [0.2, 0.25) is 0 Å². The topological polar surface area (TPSA) is 40.6 Å². The normalized spacial score (nSPS) is 15.1. The number of benzene rings is 1. The highest BCUT2D eigenvalue weighted by atomic mass is 35.5. The second-order valence-electron chi connectivity index (χ2n) is 4.87. The minimum Gasteiger partial charge on any atom is -0.371 e. The number of thiophene rings is 1. The number of anilines is 2. The molecule has 1 aliphatic rings. The van der Waals surface area contributed by atoms with Crippen LogP contribution in [0.15, 0.2) is 40.6 Å². The minimum absolute atomic E-state index is 0.322. The van der Waals surface area contributed by atoms with Gasteiger partial charge in [-0.15, -0.1) is 22.9 Å². The van der Waals surface area contributed by atoms with Gasteiger partial charge in [-0.3, -0.25) is 4.31 Å². The van der Waals surface area contributed by atoms with E-state index < -0.39 is 10.0 Å². The number of rotatable bonds is 3. The van der Waals surface area contributed by atoms with Crippen LogP contribution in [0.1, 0.15) is 4.88 Å². The molecule has 0 spiro atoms. The summed E-state index contributed by atoms with van der Waals surface area (Å²) in [6, 6.07) is 9.22. The lowest BCUT2D eigenvalue weighted by atomic mass is 10.2. The van der Waals surface area contributed by atoms with E-state index >= 15 is 0 Å². The third-order valence-electron chi connectivity index (χ3n) is 3.55. The van der Waals surface area contributed by atoms with Gasteiger partial charge in [0.05, 0.1) is 28.7 Å². The number of nitrogens with zero attached hydrogens (tertiary/aromatic N) is 2. The Kier molecular flexibility index (Phi) is 3.86. The highest BCUT2D eigenvalue weighted by molar-refractivity contribution is 7.93. The van der Waals surface area contributed by atoms with Crippen LogP contribution in [0.3, 0.4) is 0 Å². The van der Waals surface area contributed by atoms with Crippen molar-refractivity contribution in [1.82, 2.24) is 0 Å². The van der Waals surface area contributed by atoms with Crippen LogP contribution < -0.4 is 9.21 Å². The second kappa shape index (κ2) is 5.51. The molecule has 0 unspecified atom stereocenters. The lowest BCUT2D eigenvalue weighted by molar-refractivity contribution is 0.589.